The number of piperazine rings is 1. The molecule has 0 atom stereocenters. The number of aromatic hydroxyl groups is 3. The lowest BCUT2D eigenvalue weighted by Crippen LogP contribution is -2.46. The molecule has 4 N–H and O–H groups in total. The highest BCUT2D eigenvalue weighted by atomic mass is 16.3. The van der Waals surface area contributed by atoms with Crippen molar-refractivity contribution in [3.63, 3.8) is 0 Å². The third-order valence-electron chi connectivity index (χ3n) is 2.70. The number of hydrogen-bond acceptors (Lipinski definition) is 5. The fourth-order valence-corrected chi connectivity index (χ4v) is 1.84. The molecule has 6 nitrogen and oxygen atoms in total. The van der Waals surface area contributed by atoms with Gasteiger partial charge in [-0.1, -0.05) is 0 Å². The van der Waals surface area contributed by atoms with Crippen LogP contribution in [-0.2, 0) is 0 Å². The molecule has 1 aromatic rings. The van der Waals surface area contributed by atoms with Gasteiger partial charge in [0.05, 0.1) is 0 Å². The molecule has 0 bridgehead atoms. The number of rotatable bonds is 1. The van der Waals surface area contributed by atoms with Crippen LogP contribution in [0.5, 0.6) is 17.2 Å². The van der Waals surface area contributed by atoms with E-state index in [9.17, 15) is 15.0 Å². The second-order valence-corrected chi connectivity index (χ2v) is 3.90. The van der Waals surface area contributed by atoms with Gasteiger partial charge in [-0.05, 0) is 0 Å². The number of phenols is 3. The fraction of sp³-hybridized carbons (Fsp3) is 0.364. The number of amides is 1. The van der Waals surface area contributed by atoms with Crippen molar-refractivity contribution in [3.05, 3.63) is 17.7 Å². The van der Waals surface area contributed by atoms with Gasteiger partial charge in [0.25, 0.3) is 5.91 Å². The van der Waals surface area contributed by atoms with E-state index in [1.165, 1.54) is 0 Å². The van der Waals surface area contributed by atoms with Gasteiger partial charge in [-0.3, -0.25) is 4.79 Å². The van der Waals surface area contributed by atoms with Crippen molar-refractivity contribution >= 4 is 5.91 Å². The molecule has 92 valence electrons. The quantitative estimate of drug-likeness (QED) is 0.546. The van der Waals surface area contributed by atoms with Gasteiger partial charge in [-0.15, -0.1) is 0 Å². The third kappa shape index (κ3) is 2.26. The standard InChI is InChI=1S/C11H14N2O4/c14-7-5-8(15)10(9(16)6-7)11(17)13-3-1-12-2-4-13/h5-6,12,14-16H,1-4H2. The van der Waals surface area contributed by atoms with Gasteiger partial charge in [0.15, 0.2) is 0 Å². The number of nitrogens with one attached hydrogen (secondary N) is 1. The van der Waals surface area contributed by atoms with Crippen LogP contribution in [0.3, 0.4) is 0 Å². The molecule has 1 fully saturated rings. The normalized spacial score (nSPS) is 15.9. The Morgan fingerprint density at radius 1 is 1.12 bits per heavy atom. The van der Waals surface area contributed by atoms with Crippen molar-refractivity contribution in [3.8, 4) is 17.2 Å². The second kappa shape index (κ2) is 4.50. The van der Waals surface area contributed by atoms with E-state index in [1.54, 1.807) is 4.90 Å². The Morgan fingerprint density at radius 2 is 1.65 bits per heavy atom. The molecule has 1 aliphatic rings. The van der Waals surface area contributed by atoms with Crippen molar-refractivity contribution in [2.45, 2.75) is 0 Å². The highest BCUT2D eigenvalue weighted by Gasteiger charge is 2.24. The Morgan fingerprint density at radius 3 is 2.18 bits per heavy atom. The molecule has 1 aromatic carbocycles. The molecule has 0 saturated carbocycles. The minimum Gasteiger partial charge on any atom is -0.508 e. The van der Waals surface area contributed by atoms with Gasteiger partial charge >= 0.3 is 0 Å². The summed E-state index contributed by atoms with van der Waals surface area (Å²) in [6, 6.07) is 2.07. The van der Waals surface area contributed by atoms with E-state index < -0.39 is 17.4 Å². The monoisotopic (exact) mass is 238 g/mol. The van der Waals surface area contributed by atoms with Crippen LogP contribution in [0.1, 0.15) is 10.4 Å². The van der Waals surface area contributed by atoms with Crippen LogP contribution < -0.4 is 5.32 Å². The summed E-state index contributed by atoms with van der Waals surface area (Å²) in [6.07, 6.45) is 0. The summed E-state index contributed by atoms with van der Waals surface area (Å²) in [5.74, 6) is -1.53. The minimum absolute atomic E-state index is 0.162. The van der Waals surface area contributed by atoms with E-state index in [0.29, 0.717) is 26.2 Å². The first kappa shape index (κ1) is 11.5. The summed E-state index contributed by atoms with van der Waals surface area (Å²) in [7, 11) is 0. The van der Waals surface area contributed by atoms with Gasteiger partial charge in [-0.2, -0.15) is 0 Å². The Hall–Kier alpha value is -1.95. The Bertz CT molecular complexity index is 418. The zero-order valence-corrected chi connectivity index (χ0v) is 9.18. The van der Waals surface area contributed by atoms with Gasteiger partial charge < -0.3 is 25.5 Å². The van der Waals surface area contributed by atoms with E-state index in [1.807, 2.05) is 0 Å². The summed E-state index contributed by atoms with van der Waals surface area (Å²) in [5.41, 5.74) is -0.162. The molecule has 0 aromatic heterocycles. The van der Waals surface area contributed by atoms with Crippen LogP contribution >= 0.6 is 0 Å². The molecule has 2 rings (SSSR count). The number of carbonyl (C=O) groups excluding carboxylic acids is 1. The lowest BCUT2D eigenvalue weighted by Gasteiger charge is -2.27. The molecule has 6 heteroatoms. The number of carbonyl (C=O) groups is 1. The zero-order chi connectivity index (χ0) is 12.4. The van der Waals surface area contributed by atoms with Crippen molar-refractivity contribution < 1.29 is 20.1 Å². The zero-order valence-electron chi connectivity index (χ0n) is 9.18. The average molecular weight is 238 g/mol. The predicted octanol–water partition coefficient (Wildman–Crippen LogP) is -0.151. The smallest absolute Gasteiger partial charge is 0.261 e. The Labute approximate surface area is 98.1 Å². The molecule has 1 amide bonds. The van der Waals surface area contributed by atoms with Crippen LogP contribution in [0, 0.1) is 0 Å². The molecule has 0 spiro atoms. The van der Waals surface area contributed by atoms with E-state index in [4.69, 9.17) is 5.11 Å². The Kier molecular flexibility index (Phi) is 3.06. The molecule has 0 aliphatic carbocycles. The van der Waals surface area contributed by atoms with Crippen LogP contribution in [0.2, 0.25) is 0 Å². The summed E-state index contributed by atoms with van der Waals surface area (Å²) >= 11 is 0. The molecule has 0 radical (unpaired) electrons. The summed E-state index contributed by atoms with van der Waals surface area (Å²) in [6.45, 7) is 2.42. The number of phenolic OH excluding ortho intramolecular Hbond substituents is 3. The minimum atomic E-state index is -0.429. The summed E-state index contributed by atoms with van der Waals surface area (Å²) in [4.78, 5) is 13.6. The fourth-order valence-electron chi connectivity index (χ4n) is 1.84. The largest absolute Gasteiger partial charge is 0.508 e. The molecule has 1 heterocycles. The maximum absolute atomic E-state index is 12.0. The highest BCUT2D eigenvalue weighted by Crippen LogP contribution is 2.32. The second-order valence-electron chi connectivity index (χ2n) is 3.90. The van der Waals surface area contributed by atoms with Crippen molar-refractivity contribution in [2.24, 2.45) is 0 Å². The first-order valence-corrected chi connectivity index (χ1v) is 5.34. The molecule has 0 unspecified atom stereocenters. The van der Waals surface area contributed by atoms with Gasteiger partial charge in [0, 0.05) is 38.3 Å². The highest BCUT2D eigenvalue weighted by molar-refractivity contribution is 5.99. The first-order chi connectivity index (χ1) is 8.09. The van der Waals surface area contributed by atoms with Gasteiger partial charge in [-0.25, -0.2) is 0 Å². The van der Waals surface area contributed by atoms with Gasteiger partial charge in [0.2, 0.25) is 0 Å². The summed E-state index contributed by atoms with van der Waals surface area (Å²) < 4.78 is 0. The summed E-state index contributed by atoms with van der Waals surface area (Å²) in [5, 5.41) is 31.4. The lowest BCUT2D eigenvalue weighted by molar-refractivity contribution is 0.0729. The maximum Gasteiger partial charge on any atom is 0.261 e. The predicted molar refractivity (Wildman–Crippen MR) is 60.2 cm³/mol. The molecular formula is C11H14N2O4. The van der Waals surface area contributed by atoms with Crippen molar-refractivity contribution in [1.82, 2.24) is 10.2 Å². The van der Waals surface area contributed by atoms with E-state index in [2.05, 4.69) is 5.32 Å². The maximum atomic E-state index is 12.0. The van der Waals surface area contributed by atoms with Crippen LogP contribution in [0.15, 0.2) is 12.1 Å². The third-order valence-corrected chi connectivity index (χ3v) is 2.70. The molecule has 1 saturated heterocycles. The van der Waals surface area contributed by atoms with Gasteiger partial charge in [0.1, 0.15) is 22.8 Å². The van der Waals surface area contributed by atoms with Crippen LogP contribution in [0.4, 0.5) is 0 Å². The Balaban J connectivity index is 2.30. The van der Waals surface area contributed by atoms with E-state index >= 15 is 0 Å². The van der Waals surface area contributed by atoms with Crippen LogP contribution in [-0.4, -0.2) is 52.3 Å². The van der Waals surface area contributed by atoms with E-state index in [-0.39, 0.29) is 11.3 Å². The lowest BCUT2D eigenvalue weighted by atomic mass is 10.1. The van der Waals surface area contributed by atoms with E-state index in [0.717, 1.165) is 12.1 Å². The van der Waals surface area contributed by atoms with Crippen LogP contribution in [0.25, 0.3) is 0 Å². The SMILES string of the molecule is O=C(c1c(O)cc(O)cc1O)N1CCNCC1. The topological polar surface area (TPSA) is 93.0 Å². The number of benzene rings is 1. The molecular weight excluding hydrogens is 224 g/mol. The number of nitrogens with zero attached hydrogens (tertiary/aromatic N) is 1. The molecule has 1 aliphatic heterocycles. The number of hydrogen-bond donors (Lipinski definition) is 4. The first-order valence-electron chi connectivity index (χ1n) is 5.34. The van der Waals surface area contributed by atoms with Crippen molar-refractivity contribution in [2.75, 3.05) is 26.2 Å². The van der Waals surface area contributed by atoms with Crippen molar-refractivity contribution in [1.29, 1.82) is 0 Å². The molecule has 17 heavy (non-hydrogen) atoms. The average Bonchev–Trinajstić information content (AvgIpc) is 2.28.